The van der Waals surface area contributed by atoms with Gasteiger partial charge in [0.2, 0.25) is 10.0 Å². The Morgan fingerprint density at radius 3 is 2.69 bits per heavy atom. The van der Waals surface area contributed by atoms with Gasteiger partial charge < -0.3 is 4.74 Å². The second-order valence-corrected chi connectivity index (χ2v) is 7.98. The first-order chi connectivity index (χ1) is 12.5. The van der Waals surface area contributed by atoms with Gasteiger partial charge in [0, 0.05) is 13.6 Å². The SMILES string of the molecule is C=CCNS(=O)(=O)[C@H]1CON(C)[C@@H]1c1cccc(Oc2ccccc2)c1. The maximum Gasteiger partial charge on any atom is 0.219 e. The number of nitrogens with zero attached hydrogens (tertiary/aromatic N) is 1. The summed E-state index contributed by atoms with van der Waals surface area (Å²) in [5.74, 6) is 1.36. The lowest BCUT2D eigenvalue weighted by Crippen LogP contribution is -2.39. The first-order valence-electron chi connectivity index (χ1n) is 8.29. The molecule has 0 aromatic heterocycles. The average molecular weight is 374 g/mol. The van der Waals surface area contributed by atoms with Crippen LogP contribution in [0.2, 0.25) is 0 Å². The van der Waals surface area contributed by atoms with Gasteiger partial charge in [-0.2, -0.15) is 5.06 Å². The van der Waals surface area contributed by atoms with Crippen molar-refractivity contribution in [2.24, 2.45) is 0 Å². The van der Waals surface area contributed by atoms with Gasteiger partial charge >= 0.3 is 0 Å². The van der Waals surface area contributed by atoms with Crippen LogP contribution < -0.4 is 9.46 Å². The van der Waals surface area contributed by atoms with Gasteiger partial charge in [-0.25, -0.2) is 13.1 Å². The lowest BCUT2D eigenvalue weighted by atomic mass is 10.0. The van der Waals surface area contributed by atoms with E-state index in [1.165, 1.54) is 6.08 Å². The minimum absolute atomic E-state index is 0.0947. The van der Waals surface area contributed by atoms with Gasteiger partial charge in [0.05, 0.1) is 12.6 Å². The van der Waals surface area contributed by atoms with Crippen molar-refractivity contribution in [3.05, 3.63) is 72.8 Å². The van der Waals surface area contributed by atoms with Crippen molar-refractivity contribution in [1.82, 2.24) is 9.79 Å². The zero-order chi connectivity index (χ0) is 18.6. The molecule has 0 bridgehead atoms. The highest BCUT2D eigenvalue weighted by atomic mass is 32.2. The van der Waals surface area contributed by atoms with Gasteiger partial charge in [0.25, 0.3) is 0 Å². The third kappa shape index (κ3) is 4.13. The predicted molar refractivity (Wildman–Crippen MR) is 100 cm³/mol. The molecule has 1 aliphatic rings. The summed E-state index contributed by atoms with van der Waals surface area (Å²) in [5, 5.41) is 0.860. The number of benzene rings is 2. The van der Waals surface area contributed by atoms with Crippen molar-refractivity contribution < 1.29 is 18.0 Å². The number of hydrogen-bond acceptors (Lipinski definition) is 5. The van der Waals surface area contributed by atoms with Crippen molar-refractivity contribution in [3.63, 3.8) is 0 Å². The molecular weight excluding hydrogens is 352 g/mol. The molecule has 0 saturated carbocycles. The summed E-state index contributed by atoms with van der Waals surface area (Å²) >= 11 is 0. The molecule has 2 aromatic carbocycles. The van der Waals surface area contributed by atoms with E-state index in [0.717, 1.165) is 11.3 Å². The van der Waals surface area contributed by atoms with Crippen LogP contribution >= 0.6 is 0 Å². The Kier molecular flexibility index (Phi) is 5.73. The van der Waals surface area contributed by atoms with E-state index in [0.29, 0.717) is 5.75 Å². The minimum atomic E-state index is -3.55. The van der Waals surface area contributed by atoms with Gasteiger partial charge in [-0.3, -0.25) is 4.84 Å². The largest absolute Gasteiger partial charge is 0.457 e. The molecular formula is C19H22N2O4S. The van der Waals surface area contributed by atoms with Crippen LogP contribution in [0.1, 0.15) is 11.6 Å². The molecule has 0 aliphatic carbocycles. The zero-order valence-electron chi connectivity index (χ0n) is 14.5. The van der Waals surface area contributed by atoms with Crippen LogP contribution in [-0.4, -0.2) is 38.9 Å². The topological polar surface area (TPSA) is 67.9 Å². The Balaban J connectivity index is 1.86. The molecule has 2 aromatic rings. The predicted octanol–water partition coefficient (Wildman–Crippen LogP) is 2.87. The molecule has 138 valence electrons. The fourth-order valence-electron chi connectivity index (χ4n) is 2.95. The highest BCUT2D eigenvalue weighted by molar-refractivity contribution is 7.90. The molecule has 1 heterocycles. The molecule has 26 heavy (non-hydrogen) atoms. The van der Waals surface area contributed by atoms with Crippen LogP contribution in [-0.2, 0) is 14.9 Å². The standard InChI is InChI=1S/C19H22N2O4S/c1-3-12-20-26(22,23)18-14-24-21(2)19(18)15-8-7-11-17(13-15)25-16-9-5-4-6-10-16/h3-11,13,18-20H,1,12,14H2,2H3/t18-,19+/m0/s1. The summed E-state index contributed by atoms with van der Waals surface area (Å²) in [7, 11) is -1.82. The quantitative estimate of drug-likeness (QED) is 0.755. The summed E-state index contributed by atoms with van der Waals surface area (Å²) in [4.78, 5) is 5.50. The molecule has 3 rings (SSSR count). The van der Waals surface area contributed by atoms with Crippen molar-refractivity contribution in [3.8, 4) is 11.5 Å². The smallest absolute Gasteiger partial charge is 0.219 e. The number of rotatable bonds is 7. The molecule has 0 amide bonds. The first kappa shape index (κ1) is 18.6. The highest BCUT2D eigenvalue weighted by Crippen LogP contribution is 2.35. The van der Waals surface area contributed by atoms with Gasteiger partial charge in [0.15, 0.2) is 0 Å². The van der Waals surface area contributed by atoms with Crippen molar-refractivity contribution in [2.75, 3.05) is 20.2 Å². The van der Waals surface area contributed by atoms with E-state index < -0.39 is 21.3 Å². The zero-order valence-corrected chi connectivity index (χ0v) is 15.4. The molecule has 2 atom stereocenters. The van der Waals surface area contributed by atoms with Crippen LogP contribution in [0.4, 0.5) is 0 Å². The maximum absolute atomic E-state index is 12.6. The average Bonchev–Trinajstić information content (AvgIpc) is 3.04. The Hall–Kier alpha value is -2.19. The Morgan fingerprint density at radius 2 is 1.96 bits per heavy atom. The van der Waals surface area contributed by atoms with E-state index in [4.69, 9.17) is 9.57 Å². The molecule has 1 saturated heterocycles. The highest BCUT2D eigenvalue weighted by Gasteiger charge is 2.43. The minimum Gasteiger partial charge on any atom is -0.457 e. The molecule has 6 nitrogen and oxygen atoms in total. The van der Waals surface area contributed by atoms with Crippen LogP contribution in [0.25, 0.3) is 0 Å². The van der Waals surface area contributed by atoms with Crippen LogP contribution in [0, 0.1) is 0 Å². The molecule has 1 N–H and O–H groups in total. The van der Waals surface area contributed by atoms with E-state index in [9.17, 15) is 8.42 Å². The fourth-order valence-corrected chi connectivity index (χ4v) is 4.42. The van der Waals surface area contributed by atoms with Crippen LogP contribution in [0.3, 0.4) is 0 Å². The maximum atomic E-state index is 12.6. The molecule has 7 heteroatoms. The van der Waals surface area contributed by atoms with Crippen LogP contribution in [0.15, 0.2) is 67.3 Å². The summed E-state index contributed by atoms with van der Waals surface area (Å²) in [6.45, 7) is 3.83. The fraction of sp³-hybridized carbons (Fsp3) is 0.263. The molecule has 1 aliphatic heterocycles. The summed E-state index contributed by atoms with van der Waals surface area (Å²) in [6.07, 6.45) is 1.51. The van der Waals surface area contributed by atoms with Gasteiger partial charge in [-0.15, -0.1) is 6.58 Å². The Bertz CT molecular complexity index is 855. The van der Waals surface area contributed by atoms with Crippen molar-refractivity contribution >= 4 is 10.0 Å². The lowest BCUT2D eigenvalue weighted by Gasteiger charge is -2.23. The second-order valence-electron chi connectivity index (χ2n) is 5.99. The van der Waals surface area contributed by atoms with E-state index >= 15 is 0 Å². The van der Waals surface area contributed by atoms with Gasteiger partial charge in [-0.1, -0.05) is 36.4 Å². The number of hydroxylamine groups is 2. The Labute approximate surface area is 154 Å². The number of ether oxygens (including phenoxy) is 1. The summed E-state index contributed by atoms with van der Waals surface area (Å²) in [5.41, 5.74) is 0.812. The monoisotopic (exact) mass is 374 g/mol. The molecule has 0 unspecified atom stereocenters. The third-order valence-corrected chi connectivity index (χ3v) is 5.95. The van der Waals surface area contributed by atoms with E-state index in [1.807, 2.05) is 54.6 Å². The number of sulfonamides is 1. The molecule has 0 radical (unpaired) electrons. The number of hydrogen-bond donors (Lipinski definition) is 1. The van der Waals surface area contributed by atoms with Gasteiger partial charge in [-0.05, 0) is 29.8 Å². The van der Waals surface area contributed by atoms with Crippen LogP contribution in [0.5, 0.6) is 11.5 Å². The number of para-hydroxylation sites is 1. The first-order valence-corrected chi connectivity index (χ1v) is 9.84. The summed E-state index contributed by atoms with van der Waals surface area (Å²) < 4.78 is 33.6. The van der Waals surface area contributed by atoms with E-state index in [-0.39, 0.29) is 13.2 Å². The van der Waals surface area contributed by atoms with Gasteiger partial charge in [0.1, 0.15) is 16.7 Å². The van der Waals surface area contributed by atoms with E-state index in [2.05, 4.69) is 11.3 Å². The lowest BCUT2D eigenvalue weighted by molar-refractivity contribution is -0.110. The summed E-state index contributed by atoms with van der Waals surface area (Å²) in [6, 6.07) is 16.4. The van der Waals surface area contributed by atoms with Crippen molar-refractivity contribution in [1.29, 1.82) is 0 Å². The molecule has 0 spiro atoms. The number of nitrogens with one attached hydrogen (secondary N) is 1. The molecule has 1 fully saturated rings. The third-order valence-electron chi connectivity index (χ3n) is 4.19. The Morgan fingerprint density at radius 1 is 1.23 bits per heavy atom. The van der Waals surface area contributed by atoms with E-state index in [1.54, 1.807) is 12.1 Å². The van der Waals surface area contributed by atoms with Crippen molar-refractivity contribution in [2.45, 2.75) is 11.3 Å². The second kappa shape index (κ2) is 8.01. The normalized spacial score (nSPS) is 20.8.